The Morgan fingerprint density at radius 1 is 1.07 bits per heavy atom. The average Bonchev–Trinajstić information content (AvgIpc) is 2.74. The maximum absolute atomic E-state index is 12.6. The molecule has 0 fully saturated rings. The molecule has 2 aromatic rings. The molecule has 0 amide bonds. The Morgan fingerprint density at radius 2 is 1.79 bits per heavy atom. The van der Waals surface area contributed by atoms with Gasteiger partial charge in [-0.2, -0.15) is 0 Å². The lowest BCUT2D eigenvalue weighted by Crippen LogP contribution is -2.40. The fraction of sp³-hybridized carbons (Fsp3) is 0.458. The predicted molar refractivity (Wildman–Crippen MR) is 116 cm³/mol. The highest BCUT2D eigenvalue weighted by molar-refractivity contribution is 5.90. The molecule has 0 saturated heterocycles. The zero-order chi connectivity index (χ0) is 21.1. The van der Waals surface area contributed by atoms with E-state index in [1.54, 1.807) is 12.1 Å². The minimum atomic E-state index is -0.407. The van der Waals surface area contributed by atoms with Crippen molar-refractivity contribution in [2.24, 2.45) is 0 Å². The van der Waals surface area contributed by atoms with Crippen LogP contribution < -0.4 is 4.74 Å². The van der Waals surface area contributed by atoms with Crippen molar-refractivity contribution in [1.29, 1.82) is 0 Å². The number of phenols is 1. The van der Waals surface area contributed by atoms with Gasteiger partial charge in [0.15, 0.2) is 11.5 Å². The zero-order valence-corrected chi connectivity index (χ0v) is 17.8. The van der Waals surface area contributed by atoms with Crippen molar-refractivity contribution in [3.8, 4) is 11.5 Å². The maximum Gasteiger partial charge on any atom is 0.338 e. The normalized spacial score (nSPS) is 12.0. The molecule has 1 atom stereocenters. The van der Waals surface area contributed by atoms with Crippen LogP contribution in [-0.4, -0.2) is 48.3 Å². The van der Waals surface area contributed by atoms with Gasteiger partial charge in [-0.05, 0) is 49.7 Å². The zero-order valence-electron chi connectivity index (χ0n) is 17.8. The van der Waals surface area contributed by atoms with Crippen molar-refractivity contribution in [3.05, 3.63) is 59.7 Å². The van der Waals surface area contributed by atoms with Crippen LogP contribution in [0.2, 0.25) is 0 Å². The second kappa shape index (κ2) is 12.1. The summed E-state index contributed by atoms with van der Waals surface area (Å²) in [6.07, 6.45) is 2.70. The number of esters is 1. The Bertz CT molecular complexity index is 744. The summed E-state index contributed by atoms with van der Waals surface area (Å²) in [5.41, 5.74) is 1.60. The molecule has 0 aliphatic heterocycles. The van der Waals surface area contributed by atoms with Gasteiger partial charge in [0, 0.05) is 6.04 Å². The van der Waals surface area contributed by atoms with Crippen molar-refractivity contribution in [2.75, 3.05) is 26.3 Å². The van der Waals surface area contributed by atoms with Crippen LogP contribution in [0.1, 0.15) is 49.5 Å². The molecule has 2 aromatic carbocycles. The first-order valence-corrected chi connectivity index (χ1v) is 10.5. The molecule has 0 heterocycles. The SMILES string of the molecule is CCCCOc1cc(C(=O)OC[C@H](Cc2ccccc2)N(CC)CC)ccc1O. The molecule has 0 aromatic heterocycles. The van der Waals surface area contributed by atoms with Gasteiger partial charge in [-0.25, -0.2) is 4.79 Å². The highest BCUT2D eigenvalue weighted by atomic mass is 16.5. The molecule has 0 bridgehead atoms. The number of benzene rings is 2. The molecule has 0 aliphatic carbocycles. The summed E-state index contributed by atoms with van der Waals surface area (Å²) >= 11 is 0. The van der Waals surface area contributed by atoms with Crippen LogP contribution in [0.4, 0.5) is 0 Å². The number of aromatic hydroxyl groups is 1. The van der Waals surface area contributed by atoms with Crippen LogP contribution in [0.15, 0.2) is 48.5 Å². The Labute approximate surface area is 174 Å². The number of carbonyl (C=O) groups is 1. The molecular weight excluding hydrogens is 366 g/mol. The number of hydrogen-bond acceptors (Lipinski definition) is 5. The first-order chi connectivity index (χ1) is 14.1. The lowest BCUT2D eigenvalue weighted by Gasteiger charge is -2.29. The number of rotatable bonds is 12. The van der Waals surface area contributed by atoms with Crippen molar-refractivity contribution < 1.29 is 19.4 Å². The van der Waals surface area contributed by atoms with Crippen molar-refractivity contribution in [2.45, 2.75) is 46.1 Å². The van der Waals surface area contributed by atoms with E-state index in [0.29, 0.717) is 24.5 Å². The molecule has 0 radical (unpaired) electrons. The summed E-state index contributed by atoms with van der Waals surface area (Å²) in [6.45, 7) is 8.89. The third kappa shape index (κ3) is 7.09. The molecule has 0 saturated carbocycles. The summed E-state index contributed by atoms with van der Waals surface area (Å²) < 4.78 is 11.2. The maximum atomic E-state index is 12.6. The van der Waals surface area contributed by atoms with Gasteiger partial charge in [0.2, 0.25) is 0 Å². The molecule has 29 heavy (non-hydrogen) atoms. The molecule has 158 valence electrons. The fourth-order valence-corrected chi connectivity index (χ4v) is 3.26. The molecule has 2 rings (SSSR count). The summed E-state index contributed by atoms with van der Waals surface area (Å²) in [5.74, 6) is -0.0595. The van der Waals surface area contributed by atoms with E-state index >= 15 is 0 Å². The third-order valence-electron chi connectivity index (χ3n) is 5.00. The number of hydrogen-bond donors (Lipinski definition) is 1. The Kier molecular flexibility index (Phi) is 9.51. The number of likely N-dealkylation sites (N-methyl/N-ethyl adjacent to an activating group) is 1. The number of carbonyl (C=O) groups excluding carboxylic acids is 1. The van der Waals surface area contributed by atoms with Gasteiger partial charge in [0.05, 0.1) is 12.2 Å². The van der Waals surface area contributed by atoms with E-state index < -0.39 is 5.97 Å². The smallest absolute Gasteiger partial charge is 0.338 e. The van der Waals surface area contributed by atoms with E-state index in [4.69, 9.17) is 9.47 Å². The standard InChI is InChI=1S/C24H33NO4/c1-4-7-15-28-23-17-20(13-14-22(23)26)24(27)29-18-21(25(5-2)6-3)16-19-11-9-8-10-12-19/h8-14,17,21,26H,4-7,15-16,18H2,1-3H3/t21-/m0/s1. The van der Waals surface area contributed by atoms with Crippen molar-refractivity contribution in [1.82, 2.24) is 4.90 Å². The number of phenolic OH excluding ortho intramolecular Hbond substituents is 1. The Morgan fingerprint density at radius 3 is 2.45 bits per heavy atom. The van der Waals surface area contributed by atoms with Crippen LogP contribution in [0.3, 0.4) is 0 Å². The van der Waals surface area contributed by atoms with Gasteiger partial charge in [0.1, 0.15) is 6.61 Å². The molecule has 0 aliphatic rings. The molecule has 5 heteroatoms. The van der Waals surface area contributed by atoms with E-state index in [9.17, 15) is 9.90 Å². The molecule has 5 nitrogen and oxygen atoms in total. The lowest BCUT2D eigenvalue weighted by molar-refractivity contribution is 0.0359. The number of nitrogens with zero attached hydrogens (tertiary/aromatic N) is 1. The number of unbranched alkanes of at least 4 members (excludes halogenated alkanes) is 1. The molecular formula is C24H33NO4. The monoisotopic (exact) mass is 399 g/mol. The minimum Gasteiger partial charge on any atom is -0.504 e. The lowest BCUT2D eigenvalue weighted by atomic mass is 10.1. The van der Waals surface area contributed by atoms with Gasteiger partial charge >= 0.3 is 5.97 Å². The highest BCUT2D eigenvalue weighted by Crippen LogP contribution is 2.27. The second-order valence-corrected chi connectivity index (χ2v) is 7.05. The summed E-state index contributed by atoms with van der Waals surface area (Å²) in [5, 5.41) is 9.95. The predicted octanol–water partition coefficient (Wildman–Crippen LogP) is 4.68. The first kappa shape index (κ1) is 22.8. The average molecular weight is 400 g/mol. The van der Waals surface area contributed by atoms with Crippen LogP contribution in [0, 0.1) is 0 Å². The third-order valence-corrected chi connectivity index (χ3v) is 5.00. The van der Waals surface area contributed by atoms with Crippen molar-refractivity contribution in [3.63, 3.8) is 0 Å². The van der Waals surface area contributed by atoms with E-state index in [1.165, 1.54) is 11.6 Å². The van der Waals surface area contributed by atoms with E-state index in [-0.39, 0.29) is 11.8 Å². The van der Waals surface area contributed by atoms with Gasteiger partial charge in [0.25, 0.3) is 0 Å². The second-order valence-electron chi connectivity index (χ2n) is 7.05. The molecule has 1 N–H and O–H groups in total. The van der Waals surface area contributed by atoms with Crippen LogP contribution >= 0.6 is 0 Å². The quantitative estimate of drug-likeness (QED) is 0.415. The Hall–Kier alpha value is -2.53. The van der Waals surface area contributed by atoms with Crippen LogP contribution in [0.25, 0.3) is 0 Å². The van der Waals surface area contributed by atoms with Gasteiger partial charge in [-0.1, -0.05) is 57.5 Å². The van der Waals surface area contributed by atoms with Crippen LogP contribution in [0.5, 0.6) is 11.5 Å². The van der Waals surface area contributed by atoms with E-state index in [2.05, 4.69) is 37.8 Å². The van der Waals surface area contributed by atoms with Crippen molar-refractivity contribution >= 4 is 5.97 Å². The summed E-state index contributed by atoms with van der Waals surface area (Å²) in [7, 11) is 0. The fourth-order valence-electron chi connectivity index (χ4n) is 3.26. The molecule has 0 unspecified atom stereocenters. The van der Waals surface area contributed by atoms with Gasteiger partial charge < -0.3 is 14.6 Å². The van der Waals surface area contributed by atoms with Gasteiger partial charge in [-0.15, -0.1) is 0 Å². The summed E-state index contributed by atoms with van der Waals surface area (Å²) in [6, 6.07) is 14.9. The van der Waals surface area contributed by atoms with E-state index in [0.717, 1.165) is 32.4 Å². The summed E-state index contributed by atoms with van der Waals surface area (Å²) in [4.78, 5) is 14.9. The van der Waals surface area contributed by atoms with Gasteiger partial charge in [-0.3, -0.25) is 4.90 Å². The van der Waals surface area contributed by atoms with Crippen LogP contribution in [-0.2, 0) is 11.2 Å². The number of ether oxygens (including phenoxy) is 2. The molecule has 0 spiro atoms. The Balaban J connectivity index is 2.04. The highest BCUT2D eigenvalue weighted by Gasteiger charge is 2.20. The first-order valence-electron chi connectivity index (χ1n) is 10.5. The minimum absolute atomic E-state index is 0.0303. The van der Waals surface area contributed by atoms with E-state index in [1.807, 2.05) is 18.2 Å². The largest absolute Gasteiger partial charge is 0.504 e. The topological polar surface area (TPSA) is 59.0 Å².